The lowest BCUT2D eigenvalue weighted by atomic mass is 10.1. The molecule has 0 aliphatic heterocycles. The number of nitrogens with zero attached hydrogens (tertiary/aromatic N) is 1. The first-order valence-electron chi connectivity index (χ1n) is 4.75. The van der Waals surface area contributed by atoms with Crippen LogP contribution in [0.3, 0.4) is 0 Å². The van der Waals surface area contributed by atoms with Crippen molar-refractivity contribution in [3.8, 4) is 0 Å². The number of hydrogen-bond acceptors (Lipinski definition) is 0. The molecule has 0 heterocycles. The van der Waals surface area contributed by atoms with Crippen molar-refractivity contribution < 1.29 is 0 Å². The van der Waals surface area contributed by atoms with E-state index in [1.807, 2.05) is 0 Å². The zero-order valence-corrected chi connectivity index (χ0v) is 8.48. The fourth-order valence-corrected chi connectivity index (χ4v) is 0.953. The summed E-state index contributed by atoms with van der Waals surface area (Å²) < 4.78 is 0. The van der Waals surface area contributed by atoms with E-state index in [0.717, 1.165) is 6.54 Å². The minimum Gasteiger partial charge on any atom is -0.236 e. The quantitative estimate of drug-likeness (QED) is 0.543. The first-order valence-corrected chi connectivity index (χ1v) is 4.75. The molecule has 0 amide bonds. The third-order valence-corrected chi connectivity index (χ3v) is 1.60. The van der Waals surface area contributed by atoms with Crippen LogP contribution in [0.25, 0.3) is 0 Å². The fourth-order valence-electron chi connectivity index (χ4n) is 0.953. The molecule has 0 bridgehead atoms. The molecular weight excluding hydrogens is 134 g/mol. The molecule has 0 spiro atoms. The number of rotatable bonds is 5. The summed E-state index contributed by atoms with van der Waals surface area (Å²) >= 11 is 0. The predicted octanol–water partition coefficient (Wildman–Crippen LogP) is 2.97. The molecule has 0 aromatic heterocycles. The largest absolute Gasteiger partial charge is 0.236 e. The van der Waals surface area contributed by atoms with Gasteiger partial charge in [-0.05, 0) is 27.2 Å². The Hall–Kier alpha value is -0.0400. The van der Waals surface area contributed by atoms with Crippen molar-refractivity contribution in [2.24, 2.45) is 0 Å². The highest BCUT2D eigenvalue weighted by Gasteiger charge is 2.08. The van der Waals surface area contributed by atoms with Crippen LogP contribution in [-0.2, 0) is 0 Å². The highest BCUT2D eigenvalue weighted by Crippen LogP contribution is 2.03. The molecule has 67 valence electrons. The lowest BCUT2D eigenvalue weighted by Crippen LogP contribution is -2.29. The lowest BCUT2D eigenvalue weighted by molar-refractivity contribution is 0.406. The van der Waals surface area contributed by atoms with Crippen molar-refractivity contribution in [1.29, 1.82) is 0 Å². The SMILES string of the molecule is CCCCCC[N]C(C)(C)C. The molecule has 0 rings (SSSR count). The topological polar surface area (TPSA) is 14.1 Å². The molecule has 1 radical (unpaired) electrons. The molecule has 0 aliphatic rings. The molecule has 0 fully saturated rings. The van der Waals surface area contributed by atoms with Crippen LogP contribution < -0.4 is 5.32 Å². The molecule has 1 nitrogen and oxygen atoms in total. The van der Waals surface area contributed by atoms with Gasteiger partial charge in [-0.1, -0.05) is 26.2 Å². The van der Waals surface area contributed by atoms with Gasteiger partial charge in [0.15, 0.2) is 0 Å². The van der Waals surface area contributed by atoms with Gasteiger partial charge in [-0.25, -0.2) is 5.32 Å². The molecule has 0 N–H and O–H groups in total. The van der Waals surface area contributed by atoms with Crippen LogP contribution in [0, 0.1) is 0 Å². The molecule has 0 aromatic rings. The van der Waals surface area contributed by atoms with Gasteiger partial charge in [0, 0.05) is 12.1 Å². The molecule has 1 heteroatoms. The number of hydrogen-bond donors (Lipinski definition) is 0. The summed E-state index contributed by atoms with van der Waals surface area (Å²) in [4.78, 5) is 0. The van der Waals surface area contributed by atoms with Gasteiger partial charge in [0.05, 0.1) is 0 Å². The maximum Gasteiger partial charge on any atom is 0.0272 e. The van der Waals surface area contributed by atoms with E-state index in [9.17, 15) is 0 Å². The van der Waals surface area contributed by atoms with Crippen molar-refractivity contribution in [1.82, 2.24) is 5.32 Å². The van der Waals surface area contributed by atoms with Gasteiger partial charge < -0.3 is 0 Å². The van der Waals surface area contributed by atoms with E-state index >= 15 is 0 Å². The Balaban J connectivity index is 3.02. The Kier molecular flexibility index (Phi) is 5.57. The average molecular weight is 156 g/mol. The van der Waals surface area contributed by atoms with E-state index in [2.05, 4.69) is 33.0 Å². The van der Waals surface area contributed by atoms with E-state index < -0.39 is 0 Å². The average Bonchev–Trinajstić information content (AvgIpc) is 1.85. The summed E-state index contributed by atoms with van der Waals surface area (Å²) in [5, 5.41) is 4.53. The van der Waals surface area contributed by atoms with E-state index in [0.29, 0.717) is 0 Å². The molecule has 0 aromatic carbocycles. The molecule has 0 saturated carbocycles. The van der Waals surface area contributed by atoms with Crippen molar-refractivity contribution in [2.75, 3.05) is 6.54 Å². The van der Waals surface area contributed by atoms with E-state index in [-0.39, 0.29) is 5.54 Å². The zero-order valence-electron chi connectivity index (χ0n) is 8.48. The van der Waals surface area contributed by atoms with Gasteiger partial charge in [0.25, 0.3) is 0 Å². The van der Waals surface area contributed by atoms with Gasteiger partial charge in [-0.2, -0.15) is 0 Å². The van der Waals surface area contributed by atoms with Crippen LogP contribution in [0.15, 0.2) is 0 Å². The van der Waals surface area contributed by atoms with E-state index in [4.69, 9.17) is 0 Å². The smallest absolute Gasteiger partial charge is 0.0272 e. The second kappa shape index (κ2) is 5.59. The van der Waals surface area contributed by atoms with Crippen LogP contribution in [0.1, 0.15) is 53.4 Å². The molecule has 0 aliphatic carbocycles. The Bertz CT molecular complexity index is 81.4. The van der Waals surface area contributed by atoms with Gasteiger partial charge in [0.2, 0.25) is 0 Å². The third-order valence-electron chi connectivity index (χ3n) is 1.60. The van der Waals surface area contributed by atoms with Crippen molar-refractivity contribution >= 4 is 0 Å². The highest BCUT2D eigenvalue weighted by atomic mass is 14.9. The molecule has 0 unspecified atom stereocenters. The third kappa shape index (κ3) is 9.96. The Morgan fingerprint density at radius 3 is 2.09 bits per heavy atom. The second-order valence-electron chi connectivity index (χ2n) is 4.11. The molecule has 0 atom stereocenters. The first-order chi connectivity index (χ1) is 5.06. The summed E-state index contributed by atoms with van der Waals surface area (Å²) in [6, 6.07) is 0. The number of unbranched alkanes of at least 4 members (excludes halogenated alkanes) is 3. The standard InChI is InChI=1S/C10H22N/c1-5-6-7-8-9-11-10(2,3)4/h5-9H2,1-4H3. The van der Waals surface area contributed by atoms with Gasteiger partial charge in [-0.3, -0.25) is 0 Å². The summed E-state index contributed by atoms with van der Waals surface area (Å²) in [5.74, 6) is 0. The maximum atomic E-state index is 4.53. The van der Waals surface area contributed by atoms with E-state index in [1.54, 1.807) is 0 Å². The van der Waals surface area contributed by atoms with Crippen LogP contribution in [0.4, 0.5) is 0 Å². The summed E-state index contributed by atoms with van der Waals surface area (Å²) in [7, 11) is 0. The molecule has 0 saturated heterocycles. The van der Waals surface area contributed by atoms with Crippen molar-refractivity contribution in [3.05, 3.63) is 0 Å². The van der Waals surface area contributed by atoms with Crippen LogP contribution in [-0.4, -0.2) is 12.1 Å². The monoisotopic (exact) mass is 156 g/mol. The van der Waals surface area contributed by atoms with Crippen LogP contribution in [0.5, 0.6) is 0 Å². The molecular formula is C10H22N. The predicted molar refractivity (Wildman–Crippen MR) is 50.9 cm³/mol. The van der Waals surface area contributed by atoms with Gasteiger partial charge in [0.1, 0.15) is 0 Å². The lowest BCUT2D eigenvalue weighted by Gasteiger charge is -2.17. The normalized spacial score (nSPS) is 12.0. The summed E-state index contributed by atoms with van der Waals surface area (Å²) in [5.41, 5.74) is 0.173. The Labute approximate surface area is 71.6 Å². The zero-order chi connectivity index (χ0) is 8.74. The van der Waals surface area contributed by atoms with Crippen LogP contribution >= 0.6 is 0 Å². The summed E-state index contributed by atoms with van der Waals surface area (Å²) in [6.07, 6.45) is 5.29. The fraction of sp³-hybridized carbons (Fsp3) is 1.00. The van der Waals surface area contributed by atoms with Gasteiger partial charge >= 0.3 is 0 Å². The maximum absolute atomic E-state index is 4.53. The van der Waals surface area contributed by atoms with Crippen molar-refractivity contribution in [3.63, 3.8) is 0 Å². The molecule has 11 heavy (non-hydrogen) atoms. The van der Waals surface area contributed by atoms with Gasteiger partial charge in [-0.15, -0.1) is 0 Å². The second-order valence-corrected chi connectivity index (χ2v) is 4.11. The van der Waals surface area contributed by atoms with Crippen LogP contribution in [0.2, 0.25) is 0 Å². The Morgan fingerprint density at radius 1 is 1.00 bits per heavy atom. The Morgan fingerprint density at radius 2 is 1.64 bits per heavy atom. The highest BCUT2D eigenvalue weighted by molar-refractivity contribution is 4.68. The minimum absolute atomic E-state index is 0.173. The minimum atomic E-state index is 0.173. The van der Waals surface area contributed by atoms with Crippen molar-refractivity contribution in [2.45, 2.75) is 58.9 Å². The first kappa shape index (κ1) is 11.0. The van der Waals surface area contributed by atoms with E-state index in [1.165, 1.54) is 25.7 Å². The summed E-state index contributed by atoms with van der Waals surface area (Å²) in [6.45, 7) is 9.76.